The smallest absolute Gasteiger partial charge is 0.271 e. The average Bonchev–Trinajstić information content (AvgIpc) is 2.95. The van der Waals surface area contributed by atoms with Gasteiger partial charge in [-0.05, 0) is 41.1 Å². The number of aryl methyl sites for hydroxylation is 1. The molecule has 0 saturated heterocycles. The maximum atomic E-state index is 10.8. The summed E-state index contributed by atoms with van der Waals surface area (Å²) in [5, 5.41) is 21.3. The molecule has 0 bridgehead atoms. The Kier molecular flexibility index (Phi) is 5.43. The van der Waals surface area contributed by atoms with E-state index >= 15 is 0 Å². The molecule has 0 amide bonds. The summed E-state index contributed by atoms with van der Waals surface area (Å²) in [6.45, 7) is 2.02. The number of nitro benzene ring substituents is 1. The molecular formula is C18H13BrN2O4S. The van der Waals surface area contributed by atoms with Crippen LogP contribution in [-0.2, 0) is 0 Å². The third-order valence-corrected chi connectivity index (χ3v) is 5.25. The summed E-state index contributed by atoms with van der Waals surface area (Å²) in [5.74, 6) is 0.309. The number of nitrogens with zero attached hydrogens (tertiary/aromatic N) is 2. The molecule has 0 aliphatic rings. The zero-order chi connectivity index (χ0) is 18.7. The molecule has 6 nitrogen and oxygen atoms in total. The van der Waals surface area contributed by atoms with Crippen LogP contribution >= 0.6 is 27.7 Å². The standard InChI is InChI=1S/C18H13BrN2O4S/c1-11-2-5-14(6-3-11)26-18-15(19)9-13(25-18)10-20-16-8-12(21(23)24)4-7-17(16)22/h2-10,22H,1H3. The Hall–Kier alpha value is -2.58. The van der Waals surface area contributed by atoms with Gasteiger partial charge in [-0.25, -0.2) is 4.99 Å². The van der Waals surface area contributed by atoms with E-state index in [9.17, 15) is 15.2 Å². The number of hydrogen-bond donors (Lipinski definition) is 1. The van der Waals surface area contributed by atoms with Gasteiger partial charge in [-0.15, -0.1) is 0 Å². The molecule has 8 heteroatoms. The summed E-state index contributed by atoms with van der Waals surface area (Å²) in [4.78, 5) is 15.4. The molecule has 0 aliphatic carbocycles. The first-order valence-corrected chi connectivity index (χ1v) is 9.08. The van der Waals surface area contributed by atoms with Crippen molar-refractivity contribution in [2.24, 2.45) is 4.99 Å². The van der Waals surface area contributed by atoms with E-state index in [-0.39, 0.29) is 17.1 Å². The van der Waals surface area contributed by atoms with Crippen molar-refractivity contribution in [3.8, 4) is 5.75 Å². The number of furan rings is 1. The van der Waals surface area contributed by atoms with Gasteiger partial charge in [-0.1, -0.05) is 29.5 Å². The Morgan fingerprint density at radius 2 is 1.96 bits per heavy atom. The summed E-state index contributed by atoms with van der Waals surface area (Å²) >= 11 is 4.91. The molecule has 0 spiro atoms. The van der Waals surface area contributed by atoms with Gasteiger partial charge in [0.25, 0.3) is 5.69 Å². The first kappa shape index (κ1) is 18.2. The Morgan fingerprint density at radius 3 is 2.65 bits per heavy atom. The lowest BCUT2D eigenvalue weighted by Crippen LogP contribution is -1.86. The molecule has 26 heavy (non-hydrogen) atoms. The molecule has 0 atom stereocenters. The highest BCUT2D eigenvalue weighted by Gasteiger charge is 2.12. The summed E-state index contributed by atoms with van der Waals surface area (Å²) in [5.41, 5.74) is 1.13. The Morgan fingerprint density at radius 1 is 1.23 bits per heavy atom. The van der Waals surface area contributed by atoms with Gasteiger partial charge in [-0.3, -0.25) is 10.1 Å². The van der Waals surface area contributed by atoms with Crippen molar-refractivity contribution in [2.75, 3.05) is 0 Å². The third kappa shape index (κ3) is 4.33. The van der Waals surface area contributed by atoms with Crippen LogP contribution in [0.3, 0.4) is 0 Å². The molecule has 0 saturated carbocycles. The molecule has 3 rings (SSSR count). The fourth-order valence-corrected chi connectivity index (χ4v) is 3.41. The van der Waals surface area contributed by atoms with Crippen molar-refractivity contribution in [3.63, 3.8) is 0 Å². The molecule has 2 aromatic carbocycles. The average molecular weight is 433 g/mol. The van der Waals surface area contributed by atoms with Crippen LogP contribution in [0.2, 0.25) is 0 Å². The molecule has 132 valence electrons. The third-order valence-electron chi connectivity index (χ3n) is 3.41. The van der Waals surface area contributed by atoms with Crippen LogP contribution < -0.4 is 0 Å². The van der Waals surface area contributed by atoms with Gasteiger partial charge in [0.15, 0.2) is 5.09 Å². The summed E-state index contributed by atoms with van der Waals surface area (Å²) in [6.07, 6.45) is 1.41. The first-order chi connectivity index (χ1) is 12.4. The quantitative estimate of drug-likeness (QED) is 0.309. The lowest BCUT2D eigenvalue weighted by molar-refractivity contribution is -0.384. The summed E-state index contributed by atoms with van der Waals surface area (Å²) < 4.78 is 6.51. The van der Waals surface area contributed by atoms with Crippen molar-refractivity contribution in [3.05, 3.63) is 74.4 Å². The highest BCUT2D eigenvalue weighted by atomic mass is 79.9. The number of phenols is 1. The van der Waals surface area contributed by atoms with Crippen LogP contribution in [0.5, 0.6) is 5.75 Å². The molecular weight excluding hydrogens is 420 g/mol. The molecule has 1 heterocycles. The Labute approximate surface area is 161 Å². The monoisotopic (exact) mass is 432 g/mol. The molecule has 1 aromatic heterocycles. The van der Waals surface area contributed by atoms with E-state index in [1.54, 1.807) is 6.07 Å². The fraction of sp³-hybridized carbons (Fsp3) is 0.0556. The second kappa shape index (κ2) is 7.76. The van der Waals surface area contributed by atoms with Crippen molar-refractivity contribution in [1.29, 1.82) is 0 Å². The van der Waals surface area contributed by atoms with Gasteiger partial charge in [0.05, 0.1) is 15.6 Å². The molecule has 0 fully saturated rings. The Balaban J connectivity index is 1.81. The number of rotatable bonds is 5. The predicted octanol–water partition coefficient (Wildman–Crippen LogP) is 5.87. The van der Waals surface area contributed by atoms with Crippen LogP contribution in [0.25, 0.3) is 0 Å². The maximum Gasteiger partial charge on any atom is 0.271 e. The lowest BCUT2D eigenvalue weighted by Gasteiger charge is -1.99. The van der Waals surface area contributed by atoms with Crippen LogP contribution in [0.15, 0.2) is 72.4 Å². The van der Waals surface area contributed by atoms with E-state index in [2.05, 4.69) is 20.9 Å². The number of aliphatic imine (C=N–C) groups is 1. The van der Waals surface area contributed by atoms with Gasteiger partial charge in [0.2, 0.25) is 0 Å². The number of benzene rings is 2. The van der Waals surface area contributed by atoms with Gasteiger partial charge in [-0.2, -0.15) is 0 Å². The van der Waals surface area contributed by atoms with Gasteiger partial charge in [0.1, 0.15) is 17.2 Å². The van der Waals surface area contributed by atoms with Crippen molar-refractivity contribution >= 4 is 45.3 Å². The molecule has 0 radical (unpaired) electrons. The number of aromatic hydroxyl groups is 1. The largest absolute Gasteiger partial charge is 0.506 e. The second-order valence-electron chi connectivity index (χ2n) is 5.39. The van der Waals surface area contributed by atoms with Crippen molar-refractivity contribution in [1.82, 2.24) is 0 Å². The summed E-state index contributed by atoms with van der Waals surface area (Å²) in [7, 11) is 0. The SMILES string of the molecule is Cc1ccc(Sc2oc(C=Nc3cc([N+](=O)[O-])ccc3O)cc2Br)cc1. The van der Waals surface area contributed by atoms with E-state index in [0.29, 0.717) is 10.9 Å². The van der Waals surface area contributed by atoms with Gasteiger partial charge < -0.3 is 9.52 Å². The number of halogens is 1. The molecule has 1 N–H and O–H groups in total. The van der Waals surface area contributed by atoms with E-state index in [1.807, 2.05) is 31.2 Å². The summed E-state index contributed by atoms with van der Waals surface area (Å²) in [6, 6.07) is 13.4. The first-order valence-electron chi connectivity index (χ1n) is 7.48. The van der Waals surface area contributed by atoms with Gasteiger partial charge >= 0.3 is 0 Å². The van der Waals surface area contributed by atoms with Crippen molar-refractivity contribution < 1.29 is 14.4 Å². The zero-order valence-corrected chi connectivity index (χ0v) is 16.0. The van der Waals surface area contributed by atoms with Crippen LogP contribution in [-0.4, -0.2) is 16.2 Å². The predicted molar refractivity (Wildman–Crippen MR) is 104 cm³/mol. The highest BCUT2D eigenvalue weighted by molar-refractivity contribution is 9.10. The van der Waals surface area contributed by atoms with E-state index < -0.39 is 4.92 Å². The normalized spacial score (nSPS) is 11.2. The van der Waals surface area contributed by atoms with E-state index in [0.717, 1.165) is 9.37 Å². The van der Waals surface area contributed by atoms with Crippen LogP contribution in [0.1, 0.15) is 11.3 Å². The minimum absolute atomic E-state index is 0.0967. The number of nitro groups is 1. The number of hydrogen-bond acceptors (Lipinski definition) is 6. The zero-order valence-electron chi connectivity index (χ0n) is 13.5. The van der Waals surface area contributed by atoms with Crippen LogP contribution in [0, 0.1) is 17.0 Å². The van der Waals surface area contributed by atoms with Crippen molar-refractivity contribution in [2.45, 2.75) is 16.9 Å². The molecule has 3 aromatic rings. The highest BCUT2D eigenvalue weighted by Crippen LogP contribution is 2.36. The van der Waals surface area contributed by atoms with E-state index in [1.165, 1.54) is 41.7 Å². The van der Waals surface area contributed by atoms with Crippen LogP contribution in [0.4, 0.5) is 11.4 Å². The minimum atomic E-state index is -0.543. The lowest BCUT2D eigenvalue weighted by atomic mass is 10.2. The maximum absolute atomic E-state index is 10.8. The number of phenolic OH excluding ortho intramolecular Hbond substituents is 1. The van der Waals surface area contributed by atoms with Gasteiger partial charge in [0, 0.05) is 23.1 Å². The minimum Gasteiger partial charge on any atom is -0.506 e. The van der Waals surface area contributed by atoms with E-state index in [4.69, 9.17) is 4.42 Å². The molecule has 0 unspecified atom stereocenters. The Bertz CT molecular complexity index is 983. The number of non-ortho nitro benzene ring substituents is 1. The topological polar surface area (TPSA) is 88.9 Å². The molecule has 0 aliphatic heterocycles. The fourth-order valence-electron chi connectivity index (χ4n) is 2.08. The second-order valence-corrected chi connectivity index (χ2v) is 7.29.